The Balaban J connectivity index is 2.16. The maximum absolute atomic E-state index is 13.2. The third kappa shape index (κ3) is 3.62. The minimum Gasteiger partial charge on any atom is -0.398 e. The van der Waals surface area contributed by atoms with E-state index in [2.05, 4.69) is 20.7 Å². The highest BCUT2D eigenvalue weighted by molar-refractivity contribution is 9.10. The second kappa shape index (κ2) is 5.99. The van der Waals surface area contributed by atoms with Gasteiger partial charge in [-0.25, -0.2) is 17.5 Å². The lowest BCUT2D eigenvalue weighted by Crippen LogP contribution is -2.30. The second-order valence-corrected chi connectivity index (χ2v) is 8.29. The van der Waals surface area contributed by atoms with Crippen LogP contribution in [0.15, 0.2) is 21.5 Å². The van der Waals surface area contributed by atoms with Crippen LogP contribution in [0.4, 0.5) is 10.1 Å². The third-order valence-electron chi connectivity index (χ3n) is 2.87. The van der Waals surface area contributed by atoms with E-state index in [0.29, 0.717) is 11.8 Å². The lowest BCUT2D eigenvalue weighted by atomic mass is 10.2. The minimum absolute atomic E-state index is 0.0808. The summed E-state index contributed by atoms with van der Waals surface area (Å²) in [5.41, 5.74) is 5.48. The summed E-state index contributed by atoms with van der Waals surface area (Å²) < 4.78 is 40.1. The Kier molecular flexibility index (Phi) is 4.75. The quantitative estimate of drug-likeness (QED) is 0.800. The highest BCUT2D eigenvalue weighted by Gasteiger charge is 2.22. The largest absolute Gasteiger partial charge is 0.398 e. The summed E-state index contributed by atoms with van der Waals surface area (Å²) >= 11 is 4.72. The lowest BCUT2D eigenvalue weighted by molar-refractivity contribution is 0.578. The van der Waals surface area contributed by atoms with Crippen LogP contribution in [0.3, 0.4) is 0 Å². The molecule has 0 amide bonds. The van der Waals surface area contributed by atoms with Crippen molar-refractivity contribution in [2.75, 3.05) is 18.0 Å². The van der Waals surface area contributed by atoms with E-state index in [9.17, 15) is 12.8 Å². The number of hydrogen-bond donors (Lipinski definition) is 2. The first kappa shape index (κ1) is 15.1. The molecule has 2 rings (SSSR count). The average molecular weight is 369 g/mol. The van der Waals surface area contributed by atoms with Crippen LogP contribution in [-0.2, 0) is 10.0 Å². The first-order chi connectivity index (χ1) is 8.90. The van der Waals surface area contributed by atoms with Gasteiger partial charge in [-0.05, 0) is 46.7 Å². The molecule has 1 aliphatic heterocycles. The number of nitrogen functional groups attached to an aromatic ring is 1. The fraction of sp³-hybridized carbons (Fsp3) is 0.455. The Hall–Kier alpha value is -0.310. The molecule has 1 saturated heterocycles. The van der Waals surface area contributed by atoms with Gasteiger partial charge in [-0.2, -0.15) is 11.8 Å². The molecule has 0 saturated carbocycles. The van der Waals surface area contributed by atoms with Gasteiger partial charge in [0.05, 0.1) is 10.2 Å². The van der Waals surface area contributed by atoms with Crippen LogP contribution in [0.1, 0.15) is 12.8 Å². The second-order valence-electron chi connectivity index (χ2n) is 4.29. The van der Waals surface area contributed by atoms with Crippen molar-refractivity contribution < 1.29 is 12.8 Å². The highest BCUT2D eigenvalue weighted by Crippen LogP contribution is 2.28. The molecule has 0 radical (unpaired) electrons. The van der Waals surface area contributed by atoms with Gasteiger partial charge in [0.25, 0.3) is 0 Å². The Morgan fingerprint density at radius 2 is 2.26 bits per heavy atom. The van der Waals surface area contributed by atoms with Crippen molar-refractivity contribution in [2.45, 2.75) is 23.0 Å². The Bertz CT molecular complexity index is 574. The van der Waals surface area contributed by atoms with Crippen LogP contribution in [0.5, 0.6) is 0 Å². The van der Waals surface area contributed by atoms with E-state index >= 15 is 0 Å². The molecule has 1 atom stereocenters. The Morgan fingerprint density at radius 1 is 1.53 bits per heavy atom. The first-order valence-corrected chi connectivity index (χ1v) is 9.08. The average Bonchev–Trinajstić information content (AvgIpc) is 2.84. The van der Waals surface area contributed by atoms with E-state index in [1.54, 1.807) is 11.8 Å². The van der Waals surface area contributed by atoms with Crippen LogP contribution in [0, 0.1) is 5.82 Å². The van der Waals surface area contributed by atoms with Gasteiger partial charge in [0, 0.05) is 11.8 Å². The molecule has 0 bridgehead atoms. The van der Waals surface area contributed by atoms with Crippen molar-refractivity contribution in [2.24, 2.45) is 0 Å². The van der Waals surface area contributed by atoms with Crippen molar-refractivity contribution in [1.29, 1.82) is 0 Å². The summed E-state index contributed by atoms with van der Waals surface area (Å²) in [6.45, 7) is 0.376. The molecule has 0 aromatic heterocycles. The minimum atomic E-state index is -3.70. The van der Waals surface area contributed by atoms with E-state index in [-0.39, 0.29) is 15.1 Å². The zero-order valence-electron chi connectivity index (χ0n) is 10.0. The van der Waals surface area contributed by atoms with Crippen LogP contribution < -0.4 is 10.5 Å². The third-order valence-corrected chi connectivity index (χ3v) is 6.35. The summed E-state index contributed by atoms with van der Waals surface area (Å²) in [6, 6.07) is 2.19. The van der Waals surface area contributed by atoms with Crippen molar-refractivity contribution in [3.05, 3.63) is 22.4 Å². The summed E-state index contributed by atoms with van der Waals surface area (Å²) in [5.74, 6) is 0.485. The van der Waals surface area contributed by atoms with Crippen molar-refractivity contribution >= 4 is 43.4 Å². The molecule has 3 N–H and O–H groups in total. The number of hydrogen-bond acceptors (Lipinski definition) is 4. The Morgan fingerprint density at radius 3 is 2.89 bits per heavy atom. The number of nitrogens with one attached hydrogen (secondary N) is 1. The van der Waals surface area contributed by atoms with E-state index in [1.165, 1.54) is 6.07 Å². The molecule has 1 aromatic rings. The van der Waals surface area contributed by atoms with Gasteiger partial charge in [0.15, 0.2) is 0 Å². The molecule has 19 heavy (non-hydrogen) atoms. The van der Waals surface area contributed by atoms with E-state index in [4.69, 9.17) is 5.73 Å². The van der Waals surface area contributed by atoms with Gasteiger partial charge in [0.1, 0.15) is 10.7 Å². The number of thioether (sulfide) groups is 1. The van der Waals surface area contributed by atoms with Gasteiger partial charge in [-0.3, -0.25) is 0 Å². The summed E-state index contributed by atoms with van der Waals surface area (Å²) in [4.78, 5) is -0.0937. The molecule has 106 valence electrons. The van der Waals surface area contributed by atoms with E-state index < -0.39 is 15.8 Å². The number of rotatable bonds is 4. The number of benzene rings is 1. The zero-order valence-corrected chi connectivity index (χ0v) is 13.2. The summed E-state index contributed by atoms with van der Waals surface area (Å²) in [5, 5.41) is 0.305. The molecule has 1 heterocycles. The van der Waals surface area contributed by atoms with E-state index in [0.717, 1.165) is 24.7 Å². The molecule has 1 aliphatic rings. The van der Waals surface area contributed by atoms with Gasteiger partial charge in [-0.1, -0.05) is 0 Å². The molecule has 1 fully saturated rings. The molecule has 8 heteroatoms. The molecule has 4 nitrogen and oxygen atoms in total. The molecule has 1 unspecified atom stereocenters. The number of anilines is 1. The monoisotopic (exact) mass is 368 g/mol. The first-order valence-electron chi connectivity index (χ1n) is 5.76. The topological polar surface area (TPSA) is 72.2 Å². The summed E-state index contributed by atoms with van der Waals surface area (Å²) in [6.07, 6.45) is 2.12. The highest BCUT2D eigenvalue weighted by atomic mass is 79.9. The van der Waals surface area contributed by atoms with E-state index in [1.807, 2.05) is 0 Å². The lowest BCUT2D eigenvalue weighted by Gasteiger charge is -2.12. The van der Waals surface area contributed by atoms with Crippen molar-refractivity contribution in [1.82, 2.24) is 4.72 Å². The smallest absolute Gasteiger partial charge is 0.242 e. The molecule has 1 aromatic carbocycles. The predicted molar refractivity (Wildman–Crippen MR) is 79.2 cm³/mol. The standard InChI is InChI=1S/C11H14BrFN2O2S2/c12-8-4-11(10(14)5-9(8)13)19(16,17)15-6-7-2-1-3-18-7/h4-5,7,15H,1-3,6,14H2. The van der Waals surface area contributed by atoms with Gasteiger partial charge < -0.3 is 5.73 Å². The molecule has 0 spiro atoms. The number of nitrogens with two attached hydrogens (primary N) is 1. The molecular weight excluding hydrogens is 355 g/mol. The maximum Gasteiger partial charge on any atom is 0.242 e. The van der Waals surface area contributed by atoms with Crippen molar-refractivity contribution in [3.8, 4) is 0 Å². The SMILES string of the molecule is Nc1cc(F)c(Br)cc1S(=O)(=O)NCC1CCCS1. The normalized spacial score (nSPS) is 19.8. The fourth-order valence-electron chi connectivity index (χ4n) is 1.86. The number of halogens is 2. The molecular formula is C11H14BrFN2O2S2. The maximum atomic E-state index is 13.2. The zero-order chi connectivity index (χ0) is 14.0. The van der Waals surface area contributed by atoms with Gasteiger partial charge in [0.2, 0.25) is 10.0 Å². The van der Waals surface area contributed by atoms with Crippen molar-refractivity contribution in [3.63, 3.8) is 0 Å². The Labute approximate surface area is 124 Å². The van der Waals surface area contributed by atoms with Crippen LogP contribution >= 0.6 is 27.7 Å². The van der Waals surface area contributed by atoms with Crippen LogP contribution in [-0.4, -0.2) is 26.0 Å². The predicted octanol–water partition coefficient (Wildman–Crippen LogP) is 2.34. The van der Waals surface area contributed by atoms with Gasteiger partial charge in [-0.15, -0.1) is 0 Å². The molecule has 0 aliphatic carbocycles. The summed E-state index contributed by atoms with van der Waals surface area (Å²) in [7, 11) is -3.70. The number of sulfonamides is 1. The fourth-order valence-corrected chi connectivity index (χ4v) is 4.88. The van der Waals surface area contributed by atoms with Crippen LogP contribution in [0.2, 0.25) is 0 Å². The van der Waals surface area contributed by atoms with Gasteiger partial charge >= 0.3 is 0 Å². The van der Waals surface area contributed by atoms with Crippen LogP contribution in [0.25, 0.3) is 0 Å².